The second-order valence-corrected chi connectivity index (χ2v) is 5.09. The SMILES string of the molecule is CCc1c(C)nn(-c2ccc(C)cc2CCN)c1C. The maximum atomic E-state index is 5.73. The van der Waals surface area contributed by atoms with Crippen molar-refractivity contribution in [2.24, 2.45) is 5.73 Å². The van der Waals surface area contributed by atoms with E-state index in [1.165, 1.54) is 22.4 Å². The van der Waals surface area contributed by atoms with Crippen molar-refractivity contribution in [2.45, 2.75) is 40.5 Å². The second-order valence-electron chi connectivity index (χ2n) is 5.09. The second kappa shape index (κ2) is 5.57. The van der Waals surface area contributed by atoms with Gasteiger partial charge in [-0.25, -0.2) is 4.68 Å². The highest BCUT2D eigenvalue weighted by Gasteiger charge is 2.13. The molecule has 0 radical (unpaired) electrons. The van der Waals surface area contributed by atoms with Crippen LogP contribution in [-0.2, 0) is 12.8 Å². The molecule has 3 heteroatoms. The molecule has 1 heterocycles. The fourth-order valence-corrected chi connectivity index (χ4v) is 2.70. The Bertz CT molecular complexity index is 582. The number of benzene rings is 1. The zero-order valence-electron chi connectivity index (χ0n) is 12.3. The van der Waals surface area contributed by atoms with Crippen LogP contribution in [0.1, 0.15) is 35.0 Å². The van der Waals surface area contributed by atoms with Gasteiger partial charge in [0.05, 0.1) is 11.4 Å². The van der Waals surface area contributed by atoms with Crippen LogP contribution in [0.3, 0.4) is 0 Å². The van der Waals surface area contributed by atoms with Crippen molar-refractivity contribution in [2.75, 3.05) is 6.54 Å². The van der Waals surface area contributed by atoms with Crippen LogP contribution in [0, 0.1) is 20.8 Å². The van der Waals surface area contributed by atoms with Gasteiger partial charge >= 0.3 is 0 Å². The summed E-state index contributed by atoms with van der Waals surface area (Å²) in [7, 11) is 0. The highest BCUT2D eigenvalue weighted by molar-refractivity contribution is 5.45. The summed E-state index contributed by atoms with van der Waals surface area (Å²) >= 11 is 0. The topological polar surface area (TPSA) is 43.8 Å². The number of aromatic nitrogens is 2. The Labute approximate surface area is 115 Å². The molecule has 3 nitrogen and oxygen atoms in total. The number of rotatable bonds is 4. The molecule has 0 unspecified atom stereocenters. The lowest BCUT2D eigenvalue weighted by molar-refractivity contribution is 0.812. The number of hydrogen-bond acceptors (Lipinski definition) is 2. The van der Waals surface area contributed by atoms with Gasteiger partial charge in [0.15, 0.2) is 0 Å². The van der Waals surface area contributed by atoms with Crippen molar-refractivity contribution in [3.05, 3.63) is 46.3 Å². The number of nitrogens with zero attached hydrogens (tertiary/aromatic N) is 2. The van der Waals surface area contributed by atoms with Crippen LogP contribution in [0.15, 0.2) is 18.2 Å². The third-order valence-corrected chi connectivity index (χ3v) is 3.67. The molecule has 2 aromatic rings. The van der Waals surface area contributed by atoms with Gasteiger partial charge in [0, 0.05) is 5.69 Å². The molecular weight excluding hydrogens is 234 g/mol. The Balaban J connectivity index is 2.58. The Morgan fingerprint density at radius 1 is 1.21 bits per heavy atom. The molecule has 1 aromatic heterocycles. The lowest BCUT2D eigenvalue weighted by Gasteiger charge is -2.12. The molecule has 0 aliphatic heterocycles. The maximum absolute atomic E-state index is 5.73. The van der Waals surface area contributed by atoms with Gasteiger partial charge in [-0.1, -0.05) is 24.6 Å². The van der Waals surface area contributed by atoms with Gasteiger partial charge in [0.25, 0.3) is 0 Å². The molecule has 2 N–H and O–H groups in total. The van der Waals surface area contributed by atoms with E-state index in [2.05, 4.69) is 50.6 Å². The minimum absolute atomic E-state index is 0.663. The first-order valence-corrected chi connectivity index (χ1v) is 6.93. The minimum atomic E-state index is 0.663. The van der Waals surface area contributed by atoms with Gasteiger partial charge in [-0.05, 0) is 57.4 Å². The summed E-state index contributed by atoms with van der Waals surface area (Å²) in [6, 6.07) is 6.50. The Hall–Kier alpha value is -1.61. The first-order valence-electron chi connectivity index (χ1n) is 6.93. The zero-order valence-corrected chi connectivity index (χ0v) is 12.3. The fraction of sp³-hybridized carbons (Fsp3) is 0.438. The molecule has 0 aliphatic rings. The van der Waals surface area contributed by atoms with Gasteiger partial charge < -0.3 is 5.73 Å². The lowest BCUT2D eigenvalue weighted by atomic mass is 10.1. The van der Waals surface area contributed by atoms with Crippen LogP contribution in [-0.4, -0.2) is 16.3 Å². The monoisotopic (exact) mass is 257 g/mol. The van der Waals surface area contributed by atoms with E-state index >= 15 is 0 Å². The van der Waals surface area contributed by atoms with E-state index in [0.29, 0.717) is 6.54 Å². The van der Waals surface area contributed by atoms with Crippen LogP contribution >= 0.6 is 0 Å². The van der Waals surface area contributed by atoms with E-state index in [-0.39, 0.29) is 0 Å². The molecule has 0 saturated carbocycles. The van der Waals surface area contributed by atoms with E-state index in [1.54, 1.807) is 0 Å². The summed E-state index contributed by atoms with van der Waals surface area (Å²) in [6.45, 7) is 9.18. The van der Waals surface area contributed by atoms with Crippen molar-refractivity contribution in [3.8, 4) is 5.69 Å². The highest BCUT2D eigenvalue weighted by Crippen LogP contribution is 2.22. The largest absolute Gasteiger partial charge is 0.330 e. The maximum Gasteiger partial charge on any atom is 0.0681 e. The van der Waals surface area contributed by atoms with E-state index in [9.17, 15) is 0 Å². The van der Waals surface area contributed by atoms with Crippen molar-refractivity contribution in [1.82, 2.24) is 9.78 Å². The standard InChI is InChI=1S/C16H23N3/c1-5-15-12(3)18-19(13(15)4)16-7-6-11(2)10-14(16)8-9-17/h6-7,10H,5,8-9,17H2,1-4H3. The molecule has 0 amide bonds. The fourth-order valence-electron chi connectivity index (χ4n) is 2.70. The Morgan fingerprint density at radius 3 is 2.53 bits per heavy atom. The summed E-state index contributed by atoms with van der Waals surface area (Å²) < 4.78 is 2.07. The molecule has 0 spiro atoms. The first kappa shape index (κ1) is 13.8. The Kier molecular flexibility index (Phi) is 4.05. The minimum Gasteiger partial charge on any atom is -0.330 e. The molecule has 0 aliphatic carbocycles. The molecule has 0 atom stereocenters. The summed E-state index contributed by atoms with van der Waals surface area (Å²) in [5, 5.41) is 4.70. The molecule has 0 bridgehead atoms. The third-order valence-electron chi connectivity index (χ3n) is 3.67. The summed E-state index contributed by atoms with van der Waals surface area (Å²) in [6.07, 6.45) is 1.91. The Morgan fingerprint density at radius 2 is 1.95 bits per heavy atom. The lowest BCUT2D eigenvalue weighted by Crippen LogP contribution is -2.09. The van der Waals surface area contributed by atoms with E-state index in [4.69, 9.17) is 10.8 Å². The van der Waals surface area contributed by atoms with Crippen molar-refractivity contribution >= 4 is 0 Å². The van der Waals surface area contributed by atoms with Crippen LogP contribution in [0.5, 0.6) is 0 Å². The van der Waals surface area contributed by atoms with Gasteiger partial charge in [-0.2, -0.15) is 5.10 Å². The van der Waals surface area contributed by atoms with Crippen molar-refractivity contribution < 1.29 is 0 Å². The smallest absolute Gasteiger partial charge is 0.0681 e. The predicted molar refractivity (Wildman–Crippen MR) is 79.9 cm³/mol. The zero-order chi connectivity index (χ0) is 14.0. The normalized spacial score (nSPS) is 11.0. The number of hydrogen-bond donors (Lipinski definition) is 1. The van der Waals surface area contributed by atoms with Gasteiger partial charge in [0.1, 0.15) is 0 Å². The predicted octanol–water partition coefficient (Wildman–Crippen LogP) is 2.86. The summed E-state index contributed by atoms with van der Waals surface area (Å²) in [5.41, 5.74) is 13.1. The van der Waals surface area contributed by atoms with Crippen LogP contribution in [0.25, 0.3) is 5.69 Å². The average molecular weight is 257 g/mol. The number of aryl methyl sites for hydroxylation is 2. The quantitative estimate of drug-likeness (QED) is 0.915. The van der Waals surface area contributed by atoms with Crippen LogP contribution < -0.4 is 5.73 Å². The molecule has 19 heavy (non-hydrogen) atoms. The highest BCUT2D eigenvalue weighted by atomic mass is 15.3. The molecule has 0 saturated heterocycles. The average Bonchev–Trinajstić information content (AvgIpc) is 2.65. The van der Waals surface area contributed by atoms with Gasteiger partial charge in [-0.3, -0.25) is 0 Å². The van der Waals surface area contributed by atoms with Crippen LogP contribution in [0.4, 0.5) is 0 Å². The van der Waals surface area contributed by atoms with Gasteiger partial charge in [0.2, 0.25) is 0 Å². The van der Waals surface area contributed by atoms with E-state index < -0.39 is 0 Å². The van der Waals surface area contributed by atoms with Gasteiger partial charge in [-0.15, -0.1) is 0 Å². The molecule has 0 fully saturated rings. The third kappa shape index (κ3) is 2.56. The van der Waals surface area contributed by atoms with Crippen molar-refractivity contribution in [1.29, 1.82) is 0 Å². The molecule has 1 aromatic carbocycles. The molecular formula is C16H23N3. The number of nitrogens with two attached hydrogens (primary N) is 1. The van der Waals surface area contributed by atoms with E-state index in [0.717, 1.165) is 24.2 Å². The van der Waals surface area contributed by atoms with Crippen LogP contribution in [0.2, 0.25) is 0 Å². The van der Waals surface area contributed by atoms with E-state index in [1.807, 2.05) is 0 Å². The molecule has 102 valence electrons. The van der Waals surface area contributed by atoms with Crippen molar-refractivity contribution in [3.63, 3.8) is 0 Å². The summed E-state index contributed by atoms with van der Waals surface area (Å²) in [5.74, 6) is 0. The molecule has 2 rings (SSSR count). The summed E-state index contributed by atoms with van der Waals surface area (Å²) in [4.78, 5) is 0. The first-order chi connectivity index (χ1) is 9.08.